The van der Waals surface area contributed by atoms with Crippen LogP contribution >= 0.6 is 0 Å². The third kappa shape index (κ3) is 4.35. The van der Waals surface area contributed by atoms with Crippen molar-refractivity contribution in [2.45, 2.75) is 50.5 Å². The van der Waals surface area contributed by atoms with Gasteiger partial charge in [-0.25, -0.2) is 18.4 Å². The lowest BCUT2D eigenvalue weighted by molar-refractivity contribution is 0.00578. The van der Waals surface area contributed by atoms with Crippen molar-refractivity contribution in [3.05, 3.63) is 12.4 Å². The van der Waals surface area contributed by atoms with E-state index in [1.807, 2.05) is 27.7 Å². The van der Waals surface area contributed by atoms with E-state index < -0.39 is 28.2 Å². The first-order valence-corrected chi connectivity index (χ1v) is 10.9. The largest absolute Gasteiger partial charge is 0.498 e. The van der Waals surface area contributed by atoms with Gasteiger partial charge in [0.1, 0.15) is 0 Å². The minimum Gasteiger partial charge on any atom is -0.399 e. The highest BCUT2D eigenvalue weighted by Crippen LogP contribution is 2.36. The predicted molar refractivity (Wildman–Crippen MR) is 101 cm³/mol. The van der Waals surface area contributed by atoms with Crippen molar-refractivity contribution in [1.82, 2.24) is 14.9 Å². The van der Waals surface area contributed by atoms with Crippen LogP contribution in [0.25, 0.3) is 0 Å². The first-order chi connectivity index (χ1) is 12.5. The van der Waals surface area contributed by atoms with E-state index in [0.29, 0.717) is 18.6 Å². The molecule has 1 aromatic heterocycles. The molecule has 27 heavy (non-hydrogen) atoms. The van der Waals surface area contributed by atoms with E-state index >= 15 is 0 Å². The molecule has 2 fully saturated rings. The molecule has 3 heterocycles. The quantitative estimate of drug-likeness (QED) is 0.523. The second kappa shape index (κ2) is 7.40. The Morgan fingerprint density at radius 3 is 2.37 bits per heavy atom. The second-order valence-electron chi connectivity index (χ2n) is 8.35. The van der Waals surface area contributed by atoms with Gasteiger partial charge in [-0.3, -0.25) is 0 Å². The number of aromatic nitrogens is 2. The highest BCUT2D eigenvalue weighted by Gasteiger charge is 2.52. The van der Waals surface area contributed by atoms with Crippen molar-refractivity contribution in [2.75, 3.05) is 32.0 Å². The van der Waals surface area contributed by atoms with Gasteiger partial charge < -0.3 is 19.3 Å². The van der Waals surface area contributed by atoms with Gasteiger partial charge in [0.05, 0.1) is 23.6 Å². The molecular weight excluding hydrogens is 369 g/mol. The number of rotatable bonds is 6. The fourth-order valence-corrected chi connectivity index (χ4v) is 4.83. The van der Waals surface area contributed by atoms with Crippen LogP contribution in [0, 0.1) is 5.92 Å². The molecule has 2 saturated heterocycles. The van der Waals surface area contributed by atoms with Crippen molar-refractivity contribution >= 4 is 22.4 Å². The minimum atomic E-state index is -3.56. The molecule has 0 amide bonds. The van der Waals surface area contributed by atoms with E-state index in [1.165, 1.54) is 12.4 Å². The van der Waals surface area contributed by atoms with Gasteiger partial charge in [0.2, 0.25) is 15.0 Å². The monoisotopic (exact) mass is 397 g/mol. The molecule has 0 aliphatic carbocycles. The Bertz CT molecular complexity index is 753. The molecule has 0 bridgehead atoms. The van der Waals surface area contributed by atoms with Gasteiger partial charge in [0, 0.05) is 30.9 Å². The molecule has 0 radical (unpaired) electrons. The highest BCUT2D eigenvalue weighted by molar-refractivity contribution is 7.91. The van der Waals surface area contributed by atoms with Gasteiger partial charge in [0.25, 0.3) is 0 Å². The molecule has 0 unspecified atom stereocenters. The average Bonchev–Trinajstić information content (AvgIpc) is 3.09. The van der Waals surface area contributed by atoms with E-state index in [9.17, 15) is 8.42 Å². The Hall–Kier alpha value is -1.07. The minimum absolute atomic E-state index is 0.0186. The summed E-state index contributed by atoms with van der Waals surface area (Å²) in [6, 6.07) is 0. The summed E-state index contributed by atoms with van der Waals surface area (Å²) in [7, 11) is -4.18. The Morgan fingerprint density at radius 1 is 1.22 bits per heavy atom. The summed E-state index contributed by atoms with van der Waals surface area (Å²) in [5, 5.41) is 8.84. The summed E-state index contributed by atoms with van der Waals surface area (Å²) in [6.07, 6.45) is 3.73. The van der Waals surface area contributed by atoms with Crippen LogP contribution in [0.15, 0.2) is 17.6 Å². The molecule has 150 valence electrons. The van der Waals surface area contributed by atoms with Crippen LogP contribution in [0.2, 0.25) is 0 Å². The van der Waals surface area contributed by atoms with Gasteiger partial charge in [-0.2, -0.15) is 0 Å². The third-order valence-electron chi connectivity index (χ3n) is 5.69. The van der Waals surface area contributed by atoms with Crippen molar-refractivity contribution in [2.24, 2.45) is 5.92 Å². The lowest BCUT2D eigenvalue weighted by Gasteiger charge is -2.32. The number of likely N-dealkylation sites (tertiary alicyclic amines) is 1. The van der Waals surface area contributed by atoms with Gasteiger partial charge in [0.15, 0.2) is 0 Å². The topological polar surface area (TPSA) is 102 Å². The zero-order valence-corrected chi connectivity index (χ0v) is 17.2. The van der Waals surface area contributed by atoms with Crippen LogP contribution in [0.5, 0.6) is 0 Å². The molecule has 10 heteroatoms. The zero-order chi connectivity index (χ0) is 19.9. The summed E-state index contributed by atoms with van der Waals surface area (Å²) < 4.78 is 37.2. The van der Waals surface area contributed by atoms with Crippen LogP contribution in [0.4, 0.5) is 0 Å². The number of aliphatic hydroxyl groups is 1. The number of hydrogen-bond donors (Lipinski definition) is 1. The van der Waals surface area contributed by atoms with Crippen molar-refractivity contribution in [3.8, 4) is 0 Å². The van der Waals surface area contributed by atoms with Gasteiger partial charge in [-0.05, 0) is 46.6 Å². The SMILES string of the molecule is CC1(C)OB(c2cnc(S(=O)(=O)C[C@@H]3CCN(CCO)C3)nc2)OC1(C)C. The van der Waals surface area contributed by atoms with Crippen LogP contribution in [0.1, 0.15) is 34.1 Å². The van der Waals surface area contributed by atoms with Gasteiger partial charge >= 0.3 is 7.12 Å². The lowest BCUT2D eigenvalue weighted by atomic mass is 9.81. The molecule has 1 atom stereocenters. The smallest absolute Gasteiger partial charge is 0.399 e. The van der Waals surface area contributed by atoms with Crippen molar-refractivity contribution in [1.29, 1.82) is 0 Å². The van der Waals surface area contributed by atoms with Crippen LogP contribution in [-0.2, 0) is 19.1 Å². The molecule has 1 aromatic rings. The van der Waals surface area contributed by atoms with Crippen molar-refractivity contribution < 1.29 is 22.8 Å². The highest BCUT2D eigenvalue weighted by atomic mass is 32.2. The molecule has 2 aliphatic heterocycles. The number of β-amino-alcohol motifs (C(OH)–C–C–N with tert-alkyl or cyclic N) is 1. The van der Waals surface area contributed by atoms with Crippen LogP contribution in [0.3, 0.4) is 0 Å². The number of aliphatic hydroxyl groups excluding tert-OH is 1. The van der Waals surface area contributed by atoms with Crippen LogP contribution < -0.4 is 5.46 Å². The summed E-state index contributed by atoms with van der Waals surface area (Å²) >= 11 is 0. The first kappa shape index (κ1) is 20.7. The fraction of sp³-hybridized carbons (Fsp3) is 0.765. The Morgan fingerprint density at radius 2 is 1.81 bits per heavy atom. The molecule has 0 aromatic carbocycles. The summed E-state index contributed by atoms with van der Waals surface area (Å²) in [6.45, 7) is 9.96. The van der Waals surface area contributed by atoms with E-state index in [1.54, 1.807) is 0 Å². The second-order valence-corrected chi connectivity index (χ2v) is 10.3. The standard InChI is InChI=1S/C17H28BN3O5S/c1-16(2)17(3,4)26-18(25-16)14-9-19-15(20-10-14)27(23,24)12-13-5-6-21(11-13)7-8-22/h9-10,13,22H,5-8,11-12H2,1-4H3/t13-/m1/s1. The molecule has 0 saturated carbocycles. The average molecular weight is 397 g/mol. The number of sulfone groups is 1. The normalized spacial score (nSPS) is 25.2. The zero-order valence-electron chi connectivity index (χ0n) is 16.4. The molecule has 1 N–H and O–H groups in total. The van der Waals surface area contributed by atoms with E-state index in [0.717, 1.165) is 13.0 Å². The fourth-order valence-electron chi connectivity index (χ4n) is 3.37. The maximum atomic E-state index is 12.6. The Balaban J connectivity index is 1.66. The lowest BCUT2D eigenvalue weighted by Crippen LogP contribution is -2.41. The molecular formula is C17H28BN3O5S. The maximum absolute atomic E-state index is 12.6. The van der Waals surface area contributed by atoms with Gasteiger partial charge in [-0.1, -0.05) is 0 Å². The number of nitrogens with zero attached hydrogens (tertiary/aromatic N) is 3. The summed E-state index contributed by atoms with van der Waals surface area (Å²) in [5.74, 6) is 0.0537. The Kier molecular flexibility index (Phi) is 5.66. The van der Waals surface area contributed by atoms with Crippen molar-refractivity contribution in [3.63, 3.8) is 0 Å². The molecule has 2 aliphatic rings. The van der Waals surface area contributed by atoms with Crippen LogP contribution in [-0.4, -0.2) is 78.7 Å². The number of hydrogen-bond acceptors (Lipinski definition) is 8. The van der Waals surface area contributed by atoms with E-state index in [4.69, 9.17) is 14.4 Å². The third-order valence-corrected chi connectivity index (χ3v) is 7.37. The van der Waals surface area contributed by atoms with E-state index in [2.05, 4.69) is 14.9 Å². The Labute approximate surface area is 161 Å². The van der Waals surface area contributed by atoms with Gasteiger partial charge in [-0.15, -0.1) is 0 Å². The van der Waals surface area contributed by atoms with E-state index in [-0.39, 0.29) is 23.4 Å². The molecule has 3 rings (SSSR count). The molecule has 0 spiro atoms. The maximum Gasteiger partial charge on any atom is 0.498 e. The summed E-state index contributed by atoms with van der Waals surface area (Å²) in [4.78, 5) is 10.2. The predicted octanol–water partition coefficient (Wildman–Crippen LogP) is -0.136. The molecule has 8 nitrogen and oxygen atoms in total. The first-order valence-electron chi connectivity index (χ1n) is 9.28. The summed E-state index contributed by atoms with van der Waals surface area (Å²) in [5.41, 5.74) is -0.362.